The van der Waals surface area contributed by atoms with Gasteiger partial charge in [-0.2, -0.15) is 0 Å². The summed E-state index contributed by atoms with van der Waals surface area (Å²) in [4.78, 5) is 14.3. The molecule has 1 aliphatic carbocycles. The predicted octanol–water partition coefficient (Wildman–Crippen LogP) is 2.48. The number of carbonyl (C=O) groups is 1. The molecule has 4 heteroatoms. The monoisotopic (exact) mass is 288 g/mol. The molecule has 2 aliphatic rings. The van der Waals surface area contributed by atoms with E-state index in [0.717, 1.165) is 45.2 Å². The van der Waals surface area contributed by atoms with Crippen molar-refractivity contribution in [3.05, 3.63) is 35.4 Å². The van der Waals surface area contributed by atoms with Crippen LogP contribution in [0.4, 0.5) is 4.79 Å². The van der Waals surface area contributed by atoms with E-state index in [-0.39, 0.29) is 18.7 Å². The van der Waals surface area contributed by atoms with E-state index in [1.54, 1.807) is 0 Å². The Morgan fingerprint density at radius 2 is 2.00 bits per heavy atom. The molecule has 1 aromatic carbocycles. The van der Waals surface area contributed by atoms with Crippen molar-refractivity contribution in [3.63, 3.8) is 0 Å². The van der Waals surface area contributed by atoms with Crippen molar-refractivity contribution in [2.24, 2.45) is 5.92 Å². The molecule has 1 unspecified atom stereocenters. The smallest absolute Gasteiger partial charge is 0.317 e. The molecule has 1 aromatic rings. The Hall–Kier alpha value is -1.55. The lowest BCUT2D eigenvalue weighted by molar-refractivity contribution is 0.135. The number of urea groups is 1. The number of likely N-dealkylation sites (tertiary alicyclic amines) is 1. The van der Waals surface area contributed by atoms with E-state index in [2.05, 4.69) is 29.6 Å². The highest BCUT2D eigenvalue weighted by molar-refractivity contribution is 5.75. The molecule has 1 aliphatic heterocycles. The molecular formula is C17H24N2O2. The van der Waals surface area contributed by atoms with E-state index in [0.29, 0.717) is 5.92 Å². The van der Waals surface area contributed by atoms with Crippen molar-refractivity contribution in [1.29, 1.82) is 0 Å². The highest BCUT2D eigenvalue weighted by Crippen LogP contribution is 2.29. The van der Waals surface area contributed by atoms with Crippen LogP contribution in [0.25, 0.3) is 0 Å². The lowest BCUT2D eigenvalue weighted by Gasteiger charge is -2.34. The standard InChI is InChI=1S/C17H24N2O2/c20-12-13-8-10-19(11-9-13)17(21)18-16-7-3-5-14-4-1-2-6-15(14)16/h1-2,4,6,13,16,20H,3,5,7-12H2,(H,18,21). The largest absolute Gasteiger partial charge is 0.396 e. The highest BCUT2D eigenvalue weighted by atomic mass is 16.3. The maximum Gasteiger partial charge on any atom is 0.317 e. The van der Waals surface area contributed by atoms with Crippen LogP contribution in [0.1, 0.15) is 42.9 Å². The van der Waals surface area contributed by atoms with E-state index in [9.17, 15) is 4.79 Å². The minimum Gasteiger partial charge on any atom is -0.396 e. The SMILES string of the molecule is O=C(NC1CCCc2ccccc21)N1CCC(CO)CC1. The second-order valence-electron chi connectivity index (χ2n) is 6.21. The summed E-state index contributed by atoms with van der Waals surface area (Å²) in [7, 11) is 0. The van der Waals surface area contributed by atoms with Gasteiger partial charge in [-0.05, 0) is 49.1 Å². The summed E-state index contributed by atoms with van der Waals surface area (Å²) in [6, 6.07) is 8.63. The van der Waals surface area contributed by atoms with Crippen molar-refractivity contribution < 1.29 is 9.90 Å². The molecule has 0 bridgehead atoms. The van der Waals surface area contributed by atoms with Gasteiger partial charge in [0.15, 0.2) is 0 Å². The van der Waals surface area contributed by atoms with Crippen LogP contribution in [-0.2, 0) is 6.42 Å². The molecule has 2 N–H and O–H groups in total. The van der Waals surface area contributed by atoms with Crippen LogP contribution in [0.5, 0.6) is 0 Å². The third-order valence-corrected chi connectivity index (χ3v) is 4.83. The first-order chi connectivity index (χ1) is 10.3. The lowest BCUT2D eigenvalue weighted by atomic mass is 9.88. The van der Waals surface area contributed by atoms with Crippen molar-refractivity contribution in [1.82, 2.24) is 10.2 Å². The number of aryl methyl sites for hydroxylation is 1. The molecule has 21 heavy (non-hydrogen) atoms. The lowest BCUT2D eigenvalue weighted by Crippen LogP contribution is -2.46. The maximum atomic E-state index is 12.4. The topological polar surface area (TPSA) is 52.6 Å². The zero-order valence-electron chi connectivity index (χ0n) is 12.4. The number of hydrogen-bond acceptors (Lipinski definition) is 2. The van der Waals surface area contributed by atoms with E-state index >= 15 is 0 Å². The summed E-state index contributed by atoms with van der Waals surface area (Å²) in [6.07, 6.45) is 5.09. The number of rotatable bonds is 2. The summed E-state index contributed by atoms with van der Waals surface area (Å²) in [5.74, 6) is 0.365. The summed E-state index contributed by atoms with van der Waals surface area (Å²) < 4.78 is 0. The molecule has 1 saturated heterocycles. The number of carbonyl (C=O) groups excluding carboxylic acids is 1. The second-order valence-corrected chi connectivity index (χ2v) is 6.21. The molecule has 0 aromatic heterocycles. The molecule has 0 spiro atoms. The van der Waals surface area contributed by atoms with E-state index in [4.69, 9.17) is 5.11 Å². The fourth-order valence-corrected chi connectivity index (χ4v) is 3.46. The van der Waals surface area contributed by atoms with Gasteiger partial charge in [0, 0.05) is 19.7 Å². The summed E-state index contributed by atoms with van der Waals surface area (Å²) in [5.41, 5.74) is 2.65. The molecule has 1 atom stereocenters. The van der Waals surface area contributed by atoms with Gasteiger partial charge in [0.05, 0.1) is 6.04 Å². The maximum absolute atomic E-state index is 12.4. The van der Waals surface area contributed by atoms with Gasteiger partial charge in [-0.1, -0.05) is 24.3 Å². The molecule has 1 fully saturated rings. The minimum atomic E-state index is 0.0492. The average Bonchev–Trinajstić information content (AvgIpc) is 2.55. The molecule has 0 saturated carbocycles. The van der Waals surface area contributed by atoms with Gasteiger partial charge in [0.2, 0.25) is 0 Å². The van der Waals surface area contributed by atoms with Crippen molar-refractivity contribution >= 4 is 6.03 Å². The van der Waals surface area contributed by atoms with Gasteiger partial charge in [0.25, 0.3) is 0 Å². The molecule has 2 amide bonds. The number of aliphatic hydroxyl groups excluding tert-OH is 1. The number of hydrogen-bond donors (Lipinski definition) is 2. The van der Waals surface area contributed by atoms with Crippen LogP contribution in [0.15, 0.2) is 24.3 Å². The number of amides is 2. The first-order valence-electron chi connectivity index (χ1n) is 8.02. The summed E-state index contributed by atoms with van der Waals surface area (Å²) >= 11 is 0. The highest BCUT2D eigenvalue weighted by Gasteiger charge is 2.26. The van der Waals surface area contributed by atoms with Gasteiger partial charge in [0.1, 0.15) is 0 Å². The normalized spacial score (nSPS) is 22.7. The predicted molar refractivity (Wildman–Crippen MR) is 82.0 cm³/mol. The Morgan fingerprint density at radius 3 is 2.76 bits per heavy atom. The first kappa shape index (κ1) is 14.4. The van der Waals surface area contributed by atoms with Gasteiger partial charge >= 0.3 is 6.03 Å². The van der Waals surface area contributed by atoms with E-state index < -0.39 is 0 Å². The number of fused-ring (bicyclic) bond motifs is 1. The van der Waals surface area contributed by atoms with Gasteiger partial charge in [-0.15, -0.1) is 0 Å². The molecule has 1 heterocycles. The Balaban J connectivity index is 1.61. The zero-order valence-corrected chi connectivity index (χ0v) is 12.4. The Morgan fingerprint density at radius 1 is 1.24 bits per heavy atom. The molecule has 0 radical (unpaired) electrons. The van der Waals surface area contributed by atoms with Crippen molar-refractivity contribution in [2.75, 3.05) is 19.7 Å². The molecule has 114 valence electrons. The Bertz CT molecular complexity index is 495. The van der Waals surface area contributed by atoms with E-state index in [1.807, 2.05) is 4.90 Å². The number of nitrogens with zero attached hydrogens (tertiary/aromatic N) is 1. The molecule has 3 rings (SSSR count). The van der Waals surface area contributed by atoms with Gasteiger partial charge in [-0.3, -0.25) is 0 Å². The average molecular weight is 288 g/mol. The van der Waals surface area contributed by atoms with Crippen LogP contribution < -0.4 is 5.32 Å². The quantitative estimate of drug-likeness (QED) is 0.878. The summed E-state index contributed by atoms with van der Waals surface area (Å²) in [6.45, 7) is 1.75. The third-order valence-electron chi connectivity index (χ3n) is 4.83. The number of aliphatic hydroxyl groups is 1. The van der Waals surface area contributed by atoms with Crippen molar-refractivity contribution in [2.45, 2.75) is 38.1 Å². The van der Waals surface area contributed by atoms with Crippen molar-refractivity contribution in [3.8, 4) is 0 Å². The summed E-state index contributed by atoms with van der Waals surface area (Å²) in [5, 5.41) is 12.4. The Labute approximate surface area is 126 Å². The zero-order chi connectivity index (χ0) is 14.7. The fourth-order valence-electron chi connectivity index (χ4n) is 3.46. The van der Waals surface area contributed by atoms with E-state index in [1.165, 1.54) is 11.1 Å². The van der Waals surface area contributed by atoms with Crippen LogP contribution in [-0.4, -0.2) is 35.7 Å². The van der Waals surface area contributed by atoms with Gasteiger partial charge < -0.3 is 15.3 Å². The fraction of sp³-hybridized carbons (Fsp3) is 0.588. The number of piperidine rings is 1. The van der Waals surface area contributed by atoms with Crippen LogP contribution in [0.2, 0.25) is 0 Å². The Kier molecular flexibility index (Phi) is 4.44. The first-order valence-corrected chi connectivity index (χ1v) is 8.02. The molecular weight excluding hydrogens is 264 g/mol. The van der Waals surface area contributed by atoms with Crippen LogP contribution >= 0.6 is 0 Å². The number of nitrogens with one attached hydrogen (secondary N) is 1. The van der Waals surface area contributed by atoms with Gasteiger partial charge in [-0.25, -0.2) is 4.79 Å². The van der Waals surface area contributed by atoms with Crippen LogP contribution in [0, 0.1) is 5.92 Å². The number of benzene rings is 1. The third kappa shape index (κ3) is 3.21. The second kappa shape index (κ2) is 6.48. The van der Waals surface area contributed by atoms with Crippen LogP contribution in [0.3, 0.4) is 0 Å². The minimum absolute atomic E-state index is 0.0492. The molecule has 4 nitrogen and oxygen atoms in total.